The molecule has 0 radical (unpaired) electrons. The fourth-order valence-corrected chi connectivity index (χ4v) is 1.63. The van der Waals surface area contributed by atoms with E-state index in [1.165, 1.54) is 13.4 Å². The lowest BCUT2D eigenvalue weighted by molar-refractivity contribution is -0.126. The fraction of sp³-hybridized carbons (Fsp3) is 0.700. The Kier molecular flexibility index (Phi) is 4.74. The zero-order chi connectivity index (χ0) is 11.3. The van der Waals surface area contributed by atoms with Crippen molar-refractivity contribution < 1.29 is 23.7 Å². The lowest BCUT2D eigenvalue weighted by Gasteiger charge is -2.34. The van der Waals surface area contributed by atoms with Crippen LogP contribution in [0.3, 0.4) is 0 Å². The van der Waals surface area contributed by atoms with Crippen molar-refractivity contribution in [2.24, 2.45) is 0 Å². The maximum Gasteiger partial charge on any atom is 0.151 e. The van der Waals surface area contributed by atoms with Gasteiger partial charge in [-0.25, -0.2) is 0 Å². The number of carbonyl (C=O) groups is 1. The smallest absolute Gasteiger partial charge is 0.151 e. The van der Waals surface area contributed by atoms with Crippen molar-refractivity contribution in [3.63, 3.8) is 0 Å². The maximum atomic E-state index is 10.7. The normalized spacial score (nSPS) is 30.6. The molecule has 0 amide bonds. The number of methoxy groups -OCH3 is 3. The molecule has 0 unspecified atom stereocenters. The van der Waals surface area contributed by atoms with Crippen LogP contribution in [0.2, 0.25) is 0 Å². The molecule has 1 aliphatic heterocycles. The highest BCUT2D eigenvalue weighted by molar-refractivity contribution is 5.74. The molecule has 15 heavy (non-hydrogen) atoms. The Morgan fingerprint density at radius 1 is 1.40 bits per heavy atom. The second-order valence-corrected chi connectivity index (χ2v) is 3.22. The summed E-state index contributed by atoms with van der Waals surface area (Å²) in [6.07, 6.45) is 1.12. The van der Waals surface area contributed by atoms with Gasteiger partial charge in [-0.2, -0.15) is 0 Å². The molecular formula is C10H16O5. The summed E-state index contributed by atoms with van der Waals surface area (Å²) in [5.41, 5.74) is 0.441. The van der Waals surface area contributed by atoms with E-state index in [2.05, 4.69) is 0 Å². The van der Waals surface area contributed by atoms with E-state index in [9.17, 15) is 4.79 Å². The highest BCUT2D eigenvalue weighted by atomic mass is 16.6. The summed E-state index contributed by atoms with van der Waals surface area (Å²) in [7, 11) is 4.66. The van der Waals surface area contributed by atoms with Crippen molar-refractivity contribution in [2.45, 2.75) is 18.3 Å². The quantitative estimate of drug-likeness (QED) is 0.612. The monoisotopic (exact) mass is 216 g/mol. The molecule has 0 bridgehead atoms. The van der Waals surface area contributed by atoms with Crippen LogP contribution in [0.4, 0.5) is 0 Å². The summed E-state index contributed by atoms with van der Waals surface area (Å²) in [6, 6.07) is 0. The SMILES string of the molecule is COC[C@H]1OC=C(C=O)[C@@H](OC)[C@@H]1OC. The molecule has 0 saturated heterocycles. The molecule has 1 aliphatic rings. The van der Waals surface area contributed by atoms with Crippen LogP contribution in [-0.2, 0) is 23.7 Å². The van der Waals surface area contributed by atoms with E-state index < -0.39 is 6.10 Å². The first-order valence-corrected chi connectivity index (χ1v) is 4.63. The standard InChI is InChI=1S/C10H16O5/c1-12-6-8-10(14-3)9(13-2)7(4-11)5-15-8/h4-5,8-10H,6H2,1-3H3/t8-,9-,10-/m1/s1. The molecule has 1 heterocycles. The van der Waals surface area contributed by atoms with Crippen LogP contribution in [0.1, 0.15) is 0 Å². The van der Waals surface area contributed by atoms with Gasteiger partial charge in [0.05, 0.1) is 18.4 Å². The second kappa shape index (κ2) is 5.85. The van der Waals surface area contributed by atoms with Crippen molar-refractivity contribution >= 4 is 6.29 Å². The molecule has 0 aromatic carbocycles. The van der Waals surface area contributed by atoms with Gasteiger partial charge in [-0.1, -0.05) is 0 Å². The molecule has 3 atom stereocenters. The highest BCUT2D eigenvalue weighted by Gasteiger charge is 2.37. The Morgan fingerprint density at radius 3 is 2.60 bits per heavy atom. The van der Waals surface area contributed by atoms with E-state index in [1.54, 1.807) is 14.2 Å². The minimum Gasteiger partial charge on any atom is -0.492 e. The average Bonchev–Trinajstić information content (AvgIpc) is 2.28. The molecule has 0 fully saturated rings. The van der Waals surface area contributed by atoms with Gasteiger partial charge in [-0.05, 0) is 0 Å². The van der Waals surface area contributed by atoms with E-state index in [4.69, 9.17) is 18.9 Å². The van der Waals surface area contributed by atoms with Gasteiger partial charge in [0.15, 0.2) is 6.29 Å². The fourth-order valence-electron chi connectivity index (χ4n) is 1.63. The Morgan fingerprint density at radius 2 is 2.13 bits per heavy atom. The summed E-state index contributed by atoms with van der Waals surface area (Å²) >= 11 is 0. The Labute approximate surface area is 88.9 Å². The van der Waals surface area contributed by atoms with Crippen LogP contribution in [-0.4, -0.2) is 52.5 Å². The van der Waals surface area contributed by atoms with Crippen LogP contribution >= 0.6 is 0 Å². The number of carbonyl (C=O) groups excluding carboxylic acids is 1. The number of aldehydes is 1. The van der Waals surface area contributed by atoms with Gasteiger partial charge in [0.1, 0.15) is 18.3 Å². The molecule has 0 aromatic heterocycles. The number of hydrogen-bond donors (Lipinski definition) is 0. The molecule has 0 N–H and O–H groups in total. The van der Waals surface area contributed by atoms with Gasteiger partial charge in [0.2, 0.25) is 0 Å². The predicted octanol–water partition coefficient (Wildman–Crippen LogP) is 0.144. The van der Waals surface area contributed by atoms with E-state index in [0.717, 1.165) is 0 Å². The molecule has 86 valence electrons. The average molecular weight is 216 g/mol. The van der Waals surface area contributed by atoms with Crippen LogP contribution < -0.4 is 0 Å². The number of ether oxygens (including phenoxy) is 4. The van der Waals surface area contributed by atoms with Gasteiger partial charge in [-0.3, -0.25) is 4.79 Å². The van der Waals surface area contributed by atoms with Crippen molar-refractivity contribution in [3.05, 3.63) is 11.8 Å². The summed E-state index contributed by atoms with van der Waals surface area (Å²) in [5.74, 6) is 0. The summed E-state index contributed by atoms with van der Waals surface area (Å²) in [6.45, 7) is 0.390. The third-order valence-electron chi connectivity index (χ3n) is 2.37. The lowest BCUT2D eigenvalue weighted by atomic mass is 9.99. The summed E-state index contributed by atoms with van der Waals surface area (Å²) in [5, 5.41) is 0. The number of rotatable bonds is 5. The van der Waals surface area contributed by atoms with Gasteiger partial charge in [-0.15, -0.1) is 0 Å². The number of hydrogen-bond acceptors (Lipinski definition) is 5. The highest BCUT2D eigenvalue weighted by Crippen LogP contribution is 2.22. The van der Waals surface area contributed by atoms with Gasteiger partial charge in [0, 0.05) is 21.3 Å². The first-order chi connectivity index (χ1) is 7.28. The predicted molar refractivity (Wildman–Crippen MR) is 52.5 cm³/mol. The van der Waals surface area contributed by atoms with Crippen molar-refractivity contribution in [3.8, 4) is 0 Å². The van der Waals surface area contributed by atoms with E-state index >= 15 is 0 Å². The maximum absolute atomic E-state index is 10.7. The van der Waals surface area contributed by atoms with Crippen molar-refractivity contribution in [1.82, 2.24) is 0 Å². The molecule has 0 aliphatic carbocycles. The molecule has 5 heteroatoms. The molecule has 0 aromatic rings. The van der Waals surface area contributed by atoms with Gasteiger partial charge < -0.3 is 18.9 Å². The Balaban J connectivity index is 2.82. The topological polar surface area (TPSA) is 54.0 Å². The third kappa shape index (κ3) is 2.56. The molecule has 0 saturated carbocycles. The summed E-state index contributed by atoms with van der Waals surface area (Å²) < 4.78 is 20.8. The lowest BCUT2D eigenvalue weighted by Crippen LogP contribution is -2.47. The zero-order valence-electron chi connectivity index (χ0n) is 9.14. The van der Waals surface area contributed by atoms with E-state index in [-0.39, 0.29) is 12.2 Å². The van der Waals surface area contributed by atoms with Crippen LogP contribution in [0.15, 0.2) is 11.8 Å². The van der Waals surface area contributed by atoms with Crippen molar-refractivity contribution in [1.29, 1.82) is 0 Å². The van der Waals surface area contributed by atoms with Gasteiger partial charge in [0.25, 0.3) is 0 Å². The first-order valence-electron chi connectivity index (χ1n) is 4.63. The largest absolute Gasteiger partial charge is 0.492 e. The molecule has 5 nitrogen and oxygen atoms in total. The minimum absolute atomic E-state index is 0.256. The first kappa shape index (κ1) is 12.2. The van der Waals surface area contributed by atoms with Crippen molar-refractivity contribution in [2.75, 3.05) is 27.9 Å². The Bertz CT molecular complexity index is 238. The summed E-state index contributed by atoms with van der Waals surface area (Å²) in [4.78, 5) is 10.7. The van der Waals surface area contributed by atoms with E-state index in [0.29, 0.717) is 18.5 Å². The minimum atomic E-state index is -0.401. The second-order valence-electron chi connectivity index (χ2n) is 3.22. The Hall–Kier alpha value is -0.910. The molecule has 0 spiro atoms. The van der Waals surface area contributed by atoms with Crippen LogP contribution in [0, 0.1) is 0 Å². The van der Waals surface area contributed by atoms with Gasteiger partial charge >= 0.3 is 0 Å². The molecule has 1 rings (SSSR count). The van der Waals surface area contributed by atoms with E-state index in [1.807, 2.05) is 0 Å². The van der Waals surface area contributed by atoms with Crippen LogP contribution in [0.25, 0.3) is 0 Å². The molecular weight excluding hydrogens is 200 g/mol. The zero-order valence-corrected chi connectivity index (χ0v) is 9.14. The third-order valence-corrected chi connectivity index (χ3v) is 2.37. The van der Waals surface area contributed by atoms with Crippen LogP contribution in [0.5, 0.6) is 0 Å².